The zero-order chi connectivity index (χ0) is 13.1. The molecule has 18 heavy (non-hydrogen) atoms. The van der Waals surface area contributed by atoms with Crippen LogP contribution in [0.15, 0.2) is 18.2 Å². The minimum atomic E-state index is -0.510. The van der Waals surface area contributed by atoms with Crippen LogP contribution in [-0.4, -0.2) is 32.5 Å². The van der Waals surface area contributed by atoms with Crippen LogP contribution in [0.4, 0.5) is 5.69 Å². The zero-order valence-electron chi connectivity index (χ0n) is 9.57. The summed E-state index contributed by atoms with van der Waals surface area (Å²) in [6.07, 6.45) is 0. The highest BCUT2D eigenvalue weighted by atomic mass is 16.6. The second kappa shape index (κ2) is 4.78. The van der Waals surface area contributed by atoms with Crippen LogP contribution in [0.25, 0.3) is 11.0 Å². The van der Waals surface area contributed by atoms with Crippen molar-refractivity contribution in [3.05, 3.63) is 28.3 Å². The van der Waals surface area contributed by atoms with E-state index in [0.717, 1.165) is 0 Å². The van der Waals surface area contributed by atoms with Crippen molar-refractivity contribution in [1.82, 2.24) is 15.0 Å². The summed E-state index contributed by atoms with van der Waals surface area (Å²) in [7, 11) is 0. The number of aromatic nitrogens is 3. The van der Waals surface area contributed by atoms with Crippen molar-refractivity contribution < 1.29 is 14.5 Å². The Bertz CT molecular complexity index is 607. The van der Waals surface area contributed by atoms with E-state index in [1.54, 1.807) is 6.92 Å². The van der Waals surface area contributed by atoms with E-state index >= 15 is 0 Å². The summed E-state index contributed by atoms with van der Waals surface area (Å²) in [5.41, 5.74) is 0.854. The third kappa shape index (κ3) is 2.26. The van der Waals surface area contributed by atoms with E-state index in [-0.39, 0.29) is 18.8 Å². The maximum absolute atomic E-state index is 11.3. The Balaban J connectivity index is 2.31. The average Bonchev–Trinajstić information content (AvgIpc) is 2.72. The second-order valence-electron chi connectivity index (χ2n) is 3.48. The number of fused-ring (bicyclic) bond motifs is 1. The molecule has 0 bridgehead atoms. The topological polar surface area (TPSA) is 100 Å². The Hall–Kier alpha value is -2.51. The number of nitro benzene ring substituents is 1. The number of non-ortho nitro benzene ring substituents is 1. The van der Waals surface area contributed by atoms with E-state index in [2.05, 4.69) is 10.3 Å². The lowest BCUT2D eigenvalue weighted by Crippen LogP contribution is -2.14. The summed E-state index contributed by atoms with van der Waals surface area (Å²) < 4.78 is 6.13. The van der Waals surface area contributed by atoms with Gasteiger partial charge < -0.3 is 4.74 Å². The van der Waals surface area contributed by atoms with Gasteiger partial charge in [-0.1, -0.05) is 5.21 Å². The average molecular weight is 250 g/mol. The largest absolute Gasteiger partial charge is 0.465 e. The van der Waals surface area contributed by atoms with Crippen LogP contribution in [0.1, 0.15) is 6.92 Å². The van der Waals surface area contributed by atoms with Gasteiger partial charge in [0.25, 0.3) is 5.69 Å². The van der Waals surface area contributed by atoms with Crippen molar-refractivity contribution in [3.8, 4) is 0 Å². The van der Waals surface area contributed by atoms with E-state index in [4.69, 9.17) is 4.74 Å². The third-order valence-corrected chi connectivity index (χ3v) is 2.29. The SMILES string of the molecule is CCOC(=O)Cn1nnc2cc([N+](=O)[O-])ccc21. The summed E-state index contributed by atoms with van der Waals surface area (Å²) in [5, 5.41) is 18.1. The fraction of sp³-hybridized carbons (Fsp3) is 0.300. The monoisotopic (exact) mass is 250 g/mol. The number of ether oxygens (including phenoxy) is 1. The van der Waals surface area contributed by atoms with Crippen LogP contribution in [0.5, 0.6) is 0 Å². The molecule has 2 aromatic rings. The number of hydrogen-bond acceptors (Lipinski definition) is 6. The molecule has 0 saturated carbocycles. The smallest absolute Gasteiger partial charge is 0.327 e. The van der Waals surface area contributed by atoms with Crippen LogP contribution >= 0.6 is 0 Å². The van der Waals surface area contributed by atoms with Gasteiger partial charge >= 0.3 is 5.97 Å². The Labute approximate surface area is 101 Å². The highest BCUT2D eigenvalue weighted by Gasteiger charge is 2.13. The summed E-state index contributed by atoms with van der Waals surface area (Å²) in [6.45, 7) is 1.93. The number of hydrogen-bond donors (Lipinski definition) is 0. The first-order valence-corrected chi connectivity index (χ1v) is 5.25. The van der Waals surface area contributed by atoms with Gasteiger partial charge in [0.15, 0.2) is 0 Å². The molecule has 0 radical (unpaired) electrons. The summed E-state index contributed by atoms with van der Waals surface area (Å²) >= 11 is 0. The summed E-state index contributed by atoms with van der Waals surface area (Å²) in [4.78, 5) is 21.4. The summed E-state index contributed by atoms with van der Waals surface area (Å²) in [5.74, 6) is -0.428. The van der Waals surface area contributed by atoms with Gasteiger partial charge in [0.05, 0.1) is 17.0 Å². The van der Waals surface area contributed by atoms with Crippen molar-refractivity contribution >= 4 is 22.7 Å². The van der Waals surface area contributed by atoms with Crippen LogP contribution in [0.2, 0.25) is 0 Å². The lowest BCUT2D eigenvalue weighted by Gasteiger charge is -2.01. The number of esters is 1. The van der Waals surface area contributed by atoms with E-state index < -0.39 is 10.9 Å². The molecule has 8 heteroatoms. The van der Waals surface area contributed by atoms with Gasteiger partial charge in [-0.25, -0.2) is 4.68 Å². The van der Waals surface area contributed by atoms with E-state index in [0.29, 0.717) is 11.0 Å². The van der Waals surface area contributed by atoms with Crippen LogP contribution < -0.4 is 0 Å². The first-order chi connectivity index (χ1) is 8.61. The minimum Gasteiger partial charge on any atom is -0.465 e. The van der Waals surface area contributed by atoms with Gasteiger partial charge in [-0.3, -0.25) is 14.9 Å². The Kier molecular flexibility index (Phi) is 3.18. The highest BCUT2D eigenvalue weighted by Crippen LogP contribution is 2.18. The van der Waals surface area contributed by atoms with Gasteiger partial charge in [-0.2, -0.15) is 0 Å². The molecule has 1 aromatic heterocycles. The van der Waals surface area contributed by atoms with Crippen LogP contribution in [0, 0.1) is 10.1 Å². The number of nitro groups is 1. The van der Waals surface area contributed by atoms with Crippen molar-refractivity contribution in [2.75, 3.05) is 6.61 Å². The molecule has 2 rings (SSSR count). The molecule has 0 aliphatic heterocycles. The second-order valence-corrected chi connectivity index (χ2v) is 3.48. The summed E-state index contributed by atoms with van der Waals surface area (Å²) in [6, 6.07) is 4.16. The standard InChI is InChI=1S/C10H10N4O4/c1-2-18-10(15)6-13-9-4-3-7(14(16)17)5-8(9)11-12-13/h3-5H,2,6H2,1H3. The molecule has 0 aliphatic carbocycles. The number of nitrogens with zero attached hydrogens (tertiary/aromatic N) is 4. The van der Waals surface area contributed by atoms with Crippen molar-refractivity contribution in [1.29, 1.82) is 0 Å². The number of rotatable bonds is 4. The Morgan fingerprint density at radius 3 is 3.00 bits per heavy atom. The van der Waals surface area contributed by atoms with Crippen LogP contribution in [-0.2, 0) is 16.1 Å². The number of benzene rings is 1. The molecule has 0 spiro atoms. The molecule has 1 heterocycles. The van der Waals surface area contributed by atoms with Crippen LogP contribution in [0.3, 0.4) is 0 Å². The fourth-order valence-corrected chi connectivity index (χ4v) is 1.52. The van der Waals surface area contributed by atoms with Gasteiger partial charge in [-0.05, 0) is 13.0 Å². The molecular formula is C10H10N4O4. The Morgan fingerprint density at radius 1 is 1.56 bits per heavy atom. The molecule has 0 N–H and O–H groups in total. The molecule has 94 valence electrons. The minimum absolute atomic E-state index is 0.0642. The number of carbonyl (C=O) groups is 1. The first kappa shape index (κ1) is 12.0. The molecule has 0 unspecified atom stereocenters. The lowest BCUT2D eigenvalue weighted by molar-refractivity contribution is -0.384. The predicted octanol–water partition coefficient (Wildman–Crippen LogP) is 0.903. The van der Waals surface area contributed by atoms with Gasteiger partial charge in [-0.15, -0.1) is 5.10 Å². The highest BCUT2D eigenvalue weighted by molar-refractivity contribution is 5.79. The molecule has 0 fully saturated rings. The fourth-order valence-electron chi connectivity index (χ4n) is 1.52. The third-order valence-electron chi connectivity index (χ3n) is 2.29. The molecule has 1 aromatic carbocycles. The maximum atomic E-state index is 11.3. The van der Waals surface area contributed by atoms with Gasteiger partial charge in [0.1, 0.15) is 12.1 Å². The molecule has 8 nitrogen and oxygen atoms in total. The van der Waals surface area contributed by atoms with Gasteiger partial charge in [0, 0.05) is 12.1 Å². The molecule has 0 atom stereocenters. The number of carbonyl (C=O) groups excluding carboxylic acids is 1. The lowest BCUT2D eigenvalue weighted by atomic mass is 10.3. The first-order valence-electron chi connectivity index (χ1n) is 5.25. The maximum Gasteiger partial charge on any atom is 0.327 e. The predicted molar refractivity (Wildman–Crippen MR) is 60.8 cm³/mol. The van der Waals surface area contributed by atoms with E-state index in [1.165, 1.54) is 22.9 Å². The molecular weight excluding hydrogens is 240 g/mol. The quantitative estimate of drug-likeness (QED) is 0.454. The normalized spacial score (nSPS) is 10.5. The van der Waals surface area contributed by atoms with E-state index in [9.17, 15) is 14.9 Å². The van der Waals surface area contributed by atoms with Crippen molar-refractivity contribution in [2.45, 2.75) is 13.5 Å². The van der Waals surface area contributed by atoms with Crippen molar-refractivity contribution in [2.24, 2.45) is 0 Å². The molecule has 0 amide bonds. The van der Waals surface area contributed by atoms with Crippen molar-refractivity contribution in [3.63, 3.8) is 0 Å². The molecule has 0 saturated heterocycles. The molecule has 0 aliphatic rings. The van der Waals surface area contributed by atoms with Gasteiger partial charge in [0.2, 0.25) is 0 Å². The van der Waals surface area contributed by atoms with E-state index in [1.807, 2.05) is 0 Å². The zero-order valence-corrected chi connectivity index (χ0v) is 9.57. The Morgan fingerprint density at radius 2 is 2.33 bits per heavy atom.